The number of ether oxygens (including phenoxy) is 2. The Hall–Kier alpha value is -4.66. The molecule has 9 heteroatoms. The molecular weight excluding hydrogens is 449 g/mol. The van der Waals surface area contributed by atoms with Gasteiger partial charge in [-0.25, -0.2) is 24.3 Å². The molecule has 174 valence electrons. The van der Waals surface area contributed by atoms with Crippen molar-refractivity contribution in [3.8, 4) is 28.8 Å². The zero-order valence-electron chi connectivity index (χ0n) is 18.8. The van der Waals surface area contributed by atoms with E-state index in [1.54, 1.807) is 53.4 Å². The monoisotopic (exact) mass is 469 g/mol. The summed E-state index contributed by atoms with van der Waals surface area (Å²) < 4.78 is 26.1. The molecule has 0 atom stereocenters. The fraction of sp³-hybridized carbons (Fsp3) is 0.115. The standard InChI is InChI=1S/C26H20FN5O3/c1-34-25-19(5-4-13-29-25)22-26(30-15-14-28-22)35-18-10-8-17(9-11-18)23(33)24-31-20-6-2-3-7-21(20)32(24)16-12-27/h2-11,13-15H,12,16H2,1H3. The summed E-state index contributed by atoms with van der Waals surface area (Å²) in [5.41, 5.74) is 2.87. The molecule has 0 N–H and O–H groups in total. The van der Waals surface area contributed by atoms with Gasteiger partial charge in [-0.15, -0.1) is 0 Å². The minimum absolute atomic E-state index is 0.0516. The van der Waals surface area contributed by atoms with Crippen LogP contribution in [0.2, 0.25) is 0 Å². The predicted octanol–water partition coefficient (Wildman–Crippen LogP) is 4.89. The average Bonchev–Trinajstić information content (AvgIpc) is 3.28. The number of rotatable bonds is 8. The first-order chi connectivity index (χ1) is 17.2. The number of carbonyl (C=O) groups excluding carboxylic acids is 1. The van der Waals surface area contributed by atoms with Crippen LogP contribution in [0.1, 0.15) is 16.2 Å². The lowest BCUT2D eigenvalue weighted by atomic mass is 10.1. The summed E-state index contributed by atoms with van der Waals surface area (Å²) in [5.74, 6) is 1.01. The highest BCUT2D eigenvalue weighted by Crippen LogP contribution is 2.34. The summed E-state index contributed by atoms with van der Waals surface area (Å²) in [6.45, 7) is -0.550. The number of alkyl halides is 1. The van der Waals surface area contributed by atoms with Crippen molar-refractivity contribution in [2.45, 2.75) is 6.54 Å². The summed E-state index contributed by atoms with van der Waals surface area (Å²) in [6.07, 6.45) is 4.70. The van der Waals surface area contributed by atoms with Gasteiger partial charge in [0.05, 0.1) is 30.3 Å². The third-order valence-corrected chi connectivity index (χ3v) is 5.38. The highest BCUT2D eigenvalue weighted by Gasteiger charge is 2.20. The fourth-order valence-electron chi connectivity index (χ4n) is 3.79. The number of methoxy groups -OCH3 is 1. The highest BCUT2D eigenvalue weighted by atomic mass is 19.1. The van der Waals surface area contributed by atoms with Crippen molar-refractivity contribution in [3.05, 3.63) is 90.6 Å². The molecule has 0 radical (unpaired) electrons. The van der Waals surface area contributed by atoms with E-state index in [9.17, 15) is 9.18 Å². The normalized spacial score (nSPS) is 10.9. The number of halogens is 1. The Kier molecular flexibility index (Phi) is 6.13. The topological polar surface area (TPSA) is 92.0 Å². The van der Waals surface area contributed by atoms with Gasteiger partial charge < -0.3 is 14.0 Å². The number of imidazole rings is 1. The van der Waals surface area contributed by atoms with Crippen LogP contribution in [0, 0.1) is 0 Å². The molecule has 0 aliphatic rings. The third kappa shape index (κ3) is 4.31. The van der Waals surface area contributed by atoms with Crippen LogP contribution in [0.25, 0.3) is 22.3 Å². The van der Waals surface area contributed by atoms with Gasteiger partial charge in [0.15, 0.2) is 5.82 Å². The first-order valence-electron chi connectivity index (χ1n) is 10.8. The van der Waals surface area contributed by atoms with Crippen molar-refractivity contribution in [1.82, 2.24) is 24.5 Å². The Bertz CT molecular complexity index is 1500. The number of ketones is 1. The number of para-hydroxylation sites is 2. The molecule has 8 nitrogen and oxygen atoms in total. The van der Waals surface area contributed by atoms with E-state index in [-0.39, 0.29) is 24.0 Å². The first-order valence-corrected chi connectivity index (χ1v) is 10.8. The number of pyridine rings is 1. The lowest BCUT2D eigenvalue weighted by Gasteiger charge is -2.11. The zero-order valence-corrected chi connectivity index (χ0v) is 18.8. The molecule has 5 aromatic rings. The SMILES string of the molecule is COc1ncccc1-c1nccnc1Oc1ccc(C(=O)c2nc3ccccc3n2CCF)cc1. The maximum atomic E-state index is 13.2. The molecule has 5 rings (SSSR count). The van der Waals surface area contributed by atoms with Crippen LogP contribution in [0.15, 0.2) is 79.3 Å². The van der Waals surface area contributed by atoms with Gasteiger partial charge in [-0.2, -0.15) is 0 Å². The molecule has 0 unspecified atom stereocenters. The number of fused-ring (bicyclic) bond motifs is 1. The Morgan fingerprint density at radius 1 is 0.914 bits per heavy atom. The summed E-state index contributed by atoms with van der Waals surface area (Å²) in [5, 5.41) is 0. The van der Waals surface area contributed by atoms with Crippen LogP contribution < -0.4 is 9.47 Å². The van der Waals surface area contributed by atoms with Gasteiger partial charge in [0.2, 0.25) is 17.5 Å². The maximum Gasteiger partial charge on any atom is 0.246 e. The summed E-state index contributed by atoms with van der Waals surface area (Å²) >= 11 is 0. The molecule has 0 bridgehead atoms. The molecule has 0 saturated heterocycles. The highest BCUT2D eigenvalue weighted by molar-refractivity contribution is 6.08. The minimum atomic E-state index is -0.602. The van der Waals surface area contributed by atoms with Crippen molar-refractivity contribution in [2.24, 2.45) is 0 Å². The van der Waals surface area contributed by atoms with Gasteiger partial charge >= 0.3 is 0 Å². The third-order valence-electron chi connectivity index (χ3n) is 5.38. The van der Waals surface area contributed by atoms with Crippen LogP contribution >= 0.6 is 0 Å². The number of hydrogen-bond donors (Lipinski definition) is 0. The Labute approximate surface area is 200 Å². The number of carbonyl (C=O) groups is 1. The van der Waals surface area contributed by atoms with E-state index in [4.69, 9.17) is 9.47 Å². The molecule has 35 heavy (non-hydrogen) atoms. The average molecular weight is 469 g/mol. The molecule has 0 spiro atoms. The first kappa shape index (κ1) is 22.1. The second kappa shape index (κ2) is 9.68. The van der Waals surface area contributed by atoms with E-state index >= 15 is 0 Å². The van der Waals surface area contributed by atoms with Crippen molar-refractivity contribution in [2.75, 3.05) is 13.8 Å². The molecule has 0 aliphatic heterocycles. The van der Waals surface area contributed by atoms with E-state index in [1.165, 1.54) is 13.3 Å². The number of nitrogens with zero attached hydrogens (tertiary/aromatic N) is 5. The van der Waals surface area contributed by atoms with Crippen molar-refractivity contribution >= 4 is 16.8 Å². The summed E-state index contributed by atoms with van der Waals surface area (Å²) in [7, 11) is 1.53. The Morgan fingerprint density at radius 3 is 2.49 bits per heavy atom. The Balaban J connectivity index is 1.43. The van der Waals surface area contributed by atoms with Gasteiger partial charge in [0.25, 0.3) is 0 Å². The van der Waals surface area contributed by atoms with Crippen LogP contribution in [0.3, 0.4) is 0 Å². The van der Waals surface area contributed by atoms with E-state index in [0.717, 1.165) is 5.52 Å². The van der Waals surface area contributed by atoms with Crippen molar-refractivity contribution in [3.63, 3.8) is 0 Å². The van der Waals surface area contributed by atoms with Gasteiger partial charge in [-0.1, -0.05) is 12.1 Å². The lowest BCUT2D eigenvalue weighted by molar-refractivity contribution is 0.102. The van der Waals surface area contributed by atoms with E-state index in [2.05, 4.69) is 19.9 Å². The Morgan fingerprint density at radius 2 is 1.69 bits per heavy atom. The van der Waals surface area contributed by atoms with E-state index in [0.29, 0.717) is 34.0 Å². The van der Waals surface area contributed by atoms with Crippen LogP contribution in [-0.4, -0.2) is 44.1 Å². The number of benzene rings is 2. The second-order valence-electron chi connectivity index (χ2n) is 7.49. The van der Waals surface area contributed by atoms with Gasteiger partial charge in [-0.05, 0) is 48.5 Å². The summed E-state index contributed by atoms with van der Waals surface area (Å²) in [4.78, 5) is 30.5. The van der Waals surface area contributed by atoms with Crippen molar-refractivity contribution in [1.29, 1.82) is 0 Å². The van der Waals surface area contributed by atoms with Gasteiger partial charge in [0.1, 0.15) is 18.1 Å². The molecule has 0 aliphatic carbocycles. The van der Waals surface area contributed by atoms with Gasteiger partial charge in [-0.3, -0.25) is 4.79 Å². The van der Waals surface area contributed by atoms with Crippen LogP contribution in [-0.2, 0) is 6.54 Å². The number of aromatic nitrogens is 5. The zero-order chi connectivity index (χ0) is 24.2. The van der Waals surface area contributed by atoms with E-state index < -0.39 is 6.67 Å². The predicted molar refractivity (Wildman–Crippen MR) is 127 cm³/mol. The fourth-order valence-corrected chi connectivity index (χ4v) is 3.79. The van der Waals surface area contributed by atoms with E-state index in [1.807, 2.05) is 24.3 Å². The van der Waals surface area contributed by atoms with Gasteiger partial charge in [0, 0.05) is 24.2 Å². The quantitative estimate of drug-likeness (QED) is 0.299. The lowest BCUT2D eigenvalue weighted by Crippen LogP contribution is -2.12. The number of aryl methyl sites for hydroxylation is 1. The largest absolute Gasteiger partial charge is 0.481 e. The van der Waals surface area contributed by atoms with Crippen LogP contribution in [0.5, 0.6) is 17.5 Å². The van der Waals surface area contributed by atoms with Crippen LogP contribution in [0.4, 0.5) is 4.39 Å². The second-order valence-corrected chi connectivity index (χ2v) is 7.49. The molecule has 0 saturated carbocycles. The molecule has 3 aromatic heterocycles. The molecular formula is C26H20FN5O3. The smallest absolute Gasteiger partial charge is 0.246 e. The molecule has 0 fully saturated rings. The molecule has 2 aromatic carbocycles. The summed E-state index contributed by atoms with van der Waals surface area (Å²) in [6, 6.07) is 17.5. The molecule has 3 heterocycles. The number of hydrogen-bond acceptors (Lipinski definition) is 7. The van der Waals surface area contributed by atoms with Crippen molar-refractivity contribution < 1.29 is 18.7 Å². The maximum absolute atomic E-state index is 13.2. The minimum Gasteiger partial charge on any atom is -0.481 e. The molecule has 0 amide bonds.